The van der Waals surface area contributed by atoms with Crippen molar-refractivity contribution in [2.45, 2.75) is 5.50 Å². The van der Waals surface area contributed by atoms with E-state index in [9.17, 15) is 4.39 Å². The Bertz CT molecular complexity index is 158. The standard InChI is InChI=1S/C7H7FS/c8-7-5-3-1-2-4-6-9-7/h1-7H/b2-1-,5-3-,6-4-. The van der Waals surface area contributed by atoms with Gasteiger partial charge in [0.15, 0.2) is 5.50 Å². The van der Waals surface area contributed by atoms with Crippen LogP contribution in [-0.2, 0) is 0 Å². The molecule has 0 aromatic heterocycles. The second-order valence-corrected chi connectivity index (χ2v) is 2.58. The van der Waals surface area contributed by atoms with E-state index in [0.29, 0.717) is 0 Å². The van der Waals surface area contributed by atoms with Crippen LogP contribution in [0.1, 0.15) is 0 Å². The zero-order valence-corrected chi connectivity index (χ0v) is 5.64. The van der Waals surface area contributed by atoms with Gasteiger partial charge in [-0.25, -0.2) is 4.39 Å². The van der Waals surface area contributed by atoms with Crippen molar-refractivity contribution in [3.8, 4) is 0 Å². The maximum atomic E-state index is 12.4. The van der Waals surface area contributed by atoms with E-state index in [2.05, 4.69) is 0 Å². The summed E-state index contributed by atoms with van der Waals surface area (Å²) < 4.78 is 12.4. The van der Waals surface area contributed by atoms with E-state index < -0.39 is 5.50 Å². The third-order valence-corrected chi connectivity index (χ3v) is 1.61. The summed E-state index contributed by atoms with van der Waals surface area (Å²) in [5.74, 6) is 0. The smallest absolute Gasteiger partial charge is 0.168 e. The largest absolute Gasteiger partial charge is 0.231 e. The fourth-order valence-electron chi connectivity index (χ4n) is 0.491. The fourth-order valence-corrected chi connectivity index (χ4v) is 1.00. The van der Waals surface area contributed by atoms with Gasteiger partial charge in [-0.3, -0.25) is 0 Å². The first-order chi connectivity index (χ1) is 4.39. The van der Waals surface area contributed by atoms with Crippen LogP contribution in [0.2, 0.25) is 0 Å². The molecule has 0 N–H and O–H groups in total. The average Bonchev–Trinajstić information content (AvgIpc) is 1.79. The molecule has 1 rings (SSSR count). The molecule has 0 nitrogen and oxygen atoms in total. The highest BCUT2D eigenvalue weighted by Gasteiger charge is 1.96. The lowest BCUT2D eigenvalue weighted by atomic mass is 10.4. The van der Waals surface area contributed by atoms with Gasteiger partial charge < -0.3 is 0 Å². The van der Waals surface area contributed by atoms with Gasteiger partial charge in [-0.1, -0.05) is 36.1 Å². The highest BCUT2D eigenvalue weighted by molar-refractivity contribution is 8.02. The molecule has 0 radical (unpaired) electrons. The van der Waals surface area contributed by atoms with Crippen LogP contribution in [0.5, 0.6) is 0 Å². The summed E-state index contributed by atoms with van der Waals surface area (Å²) in [5, 5.41) is 1.74. The Kier molecular flexibility index (Phi) is 2.58. The van der Waals surface area contributed by atoms with E-state index in [1.807, 2.05) is 18.2 Å². The molecule has 0 saturated heterocycles. The van der Waals surface area contributed by atoms with Gasteiger partial charge in [0.1, 0.15) is 0 Å². The highest BCUT2D eigenvalue weighted by Crippen LogP contribution is 2.15. The number of thioether (sulfide) groups is 1. The first kappa shape index (κ1) is 6.62. The van der Waals surface area contributed by atoms with Crippen molar-refractivity contribution >= 4 is 11.8 Å². The minimum absolute atomic E-state index is 0.883. The quantitative estimate of drug-likeness (QED) is 0.501. The normalized spacial score (nSPS) is 36.3. The molecule has 0 aromatic rings. The maximum Gasteiger partial charge on any atom is 0.168 e. The number of hydrogen-bond donors (Lipinski definition) is 0. The summed E-state index contributed by atoms with van der Waals surface area (Å²) in [6.07, 6.45) is 8.73. The zero-order valence-electron chi connectivity index (χ0n) is 4.83. The van der Waals surface area contributed by atoms with Gasteiger partial charge >= 0.3 is 0 Å². The van der Waals surface area contributed by atoms with Crippen LogP contribution >= 0.6 is 11.8 Å². The Morgan fingerprint density at radius 1 is 1.11 bits per heavy atom. The average molecular weight is 142 g/mol. The molecule has 9 heavy (non-hydrogen) atoms. The minimum Gasteiger partial charge on any atom is -0.231 e. The summed E-state index contributed by atoms with van der Waals surface area (Å²) in [5.41, 5.74) is -0.883. The third kappa shape index (κ3) is 2.51. The topological polar surface area (TPSA) is 0 Å². The van der Waals surface area contributed by atoms with Crippen molar-refractivity contribution in [2.24, 2.45) is 0 Å². The summed E-state index contributed by atoms with van der Waals surface area (Å²) in [7, 11) is 0. The van der Waals surface area contributed by atoms with E-state index in [4.69, 9.17) is 0 Å². The second-order valence-electron chi connectivity index (χ2n) is 1.59. The van der Waals surface area contributed by atoms with Crippen LogP contribution < -0.4 is 0 Å². The molecule has 48 valence electrons. The molecule has 1 atom stereocenters. The lowest BCUT2D eigenvalue weighted by molar-refractivity contribution is 0.521. The Hall–Kier alpha value is -0.500. The Balaban J connectivity index is 2.59. The van der Waals surface area contributed by atoms with Crippen molar-refractivity contribution in [1.29, 1.82) is 0 Å². The third-order valence-electron chi connectivity index (χ3n) is 0.883. The number of alkyl halides is 1. The molecule has 1 aliphatic rings. The lowest BCUT2D eigenvalue weighted by Gasteiger charge is -1.95. The minimum atomic E-state index is -0.883. The van der Waals surface area contributed by atoms with Crippen LogP contribution in [0.4, 0.5) is 4.39 Å². The van der Waals surface area contributed by atoms with Gasteiger partial charge in [-0.05, 0) is 11.5 Å². The number of halogens is 1. The van der Waals surface area contributed by atoms with Crippen LogP contribution in [0, 0.1) is 0 Å². The van der Waals surface area contributed by atoms with E-state index >= 15 is 0 Å². The molecule has 0 aromatic carbocycles. The van der Waals surface area contributed by atoms with Crippen LogP contribution in [0.15, 0.2) is 35.8 Å². The Labute approximate surface area is 58.1 Å². The van der Waals surface area contributed by atoms with Gasteiger partial charge in [-0.15, -0.1) is 0 Å². The molecule has 2 heteroatoms. The predicted octanol–water partition coefficient (Wildman–Crippen LogP) is 2.65. The first-order valence-corrected chi connectivity index (χ1v) is 3.63. The molecule has 0 fully saturated rings. The van der Waals surface area contributed by atoms with Gasteiger partial charge in [0, 0.05) is 0 Å². The van der Waals surface area contributed by atoms with E-state index in [0.717, 1.165) is 0 Å². The predicted molar refractivity (Wildman–Crippen MR) is 39.9 cm³/mol. The summed E-state index contributed by atoms with van der Waals surface area (Å²) >= 11 is 1.17. The van der Waals surface area contributed by atoms with Crippen molar-refractivity contribution in [3.63, 3.8) is 0 Å². The van der Waals surface area contributed by atoms with Gasteiger partial charge in [-0.2, -0.15) is 0 Å². The molecule has 0 amide bonds. The van der Waals surface area contributed by atoms with Crippen molar-refractivity contribution in [2.75, 3.05) is 0 Å². The van der Waals surface area contributed by atoms with E-state index in [1.165, 1.54) is 17.8 Å². The monoisotopic (exact) mass is 142 g/mol. The number of hydrogen-bond acceptors (Lipinski definition) is 1. The van der Waals surface area contributed by atoms with E-state index in [1.54, 1.807) is 11.5 Å². The van der Waals surface area contributed by atoms with Crippen molar-refractivity contribution in [3.05, 3.63) is 35.8 Å². The number of allylic oxidation sites excluding steroid dienone is 4. The van der Waals surface area contributed by atoms with Crippen LogP contribution in [0.25, 0.3) is 0 Å². The zero-order chi connectivity index (χ0) is 6.53. The molecule has 1 aliphatic heterocycles. The molecule has 0 bridgehead atoms. The lowest BCUT2D eigenvalue weighted by Crippen LogP contribution is -1.83. The Morgan fingerprint density at radius 2 is 1.89 bits per heavy atom. The summed E-state index contributed by atoms with van der Waals surface area (Å²) in [4.78, 5) is 0. The van der Waals surface area contributed by atoms with Crippen molar-refractivity contribution < 1.29 is 4.39 Å². The van der Waals surface area contributed by atoms with E-state index in [-0.39, 0.29) is 0 Å². The Morgan fingerprint density at radius 3 is 2.78 bits per heavy atom. The molecule has 1 heterocycles. The molecule has 1 unspecified atom stereocenters. The molecule has 0 aliphatic carbocycles. The van der Waals surface area contributed by atoms with Gasteiger partial charge in [0.2, 0.25) is 0 Å². The van der Waals surface area contributed by atoms with Crippen LogP contribution in [-0.4, -0.2) is 5.50 Å². The summed E-state index contributed by atoms with van der Waals surface area (Å²) in [6, 6.07) is 0. The molecular formula is C7H7FS. The maximum absolute atomic E-state index is 12.4. The highest BCUT2D eigenvalue weighted by atomic mass is 32.2. The summed E-state index contributed by atoms with van der Waals surface area (Å²) in [6.45, 7) is 0. The van der Waals surface area contributed by atoms with Gasteiger partial charge in [0.25, 0.3) is 0 Å². The van der Waals surface area contributed by atoms with Crippen molar-refractivity contribution in [1.82, 2.24) is 0 Å². The molecule has 0 spiro atoms. The van der Waals surface area contributed by atoms with Gasteiger partial charge in [0.05, 0.1) is 0 Å². The first-order valence-electron chi connectivity index (χ1n) is 2.69. The molecular weight excluding hydrogens is 135 g/mol. The second kappa shape index (κ2) is 3.51. The van der Waals surface area contributed by atoms with Crippen LogP contribution in [0.3, 0.4) is 0 Å². The SMILES string of the molecule is FC1\C=C/C=C\C=C/S1. The fraction of sp³-hybridized carbons (Fsp3) is 0.143. The molecule has 0 saturated carbocycles. The number of rotatable bonds is 0.